The Morgan fingerprint density at radius 1 is 1.12 bits per heavy atom. The van der Waals surface area contributed by atoms with E-state index in [1.165, 1.54) is 0 Å². The van der Waals surface area contributed by atoms with Gasteiger partial charge in [-0.1, -0.05) is 41.9 Å². The van der Waals surface area contributed by atoms with E-state index in [-0.39, 0.29) is 17.7 Å². The van der Waals surface area contributed by atoms with Crippen LogP contribution in [-0.4, -0.2) is 55.4 Å². The highest BCUT2D eigenvalue weighted by Gasteiger charge is 2.37. The number of halogens is 1. The summed E-state index contributed by atoms with van der Waals surface area (Å²) in [6.07, 6.45) is 4.09. The van der Waals surface area contributed by atoms with Gasteiger partial charge in [0.2, 0.25) is 21.8 Å². The van der Waals surface area contributed by atoms with Crippen LogP contribution in [0.3, 0.4) is 0 Å². The summed E-state index contributed by atoms with van der Waals surface area (Å²) in [5, 5.41) is 0.628. The van der Waals surface area contributed by atoms with Crippen molar-refractivity contribution in [3.63, 3.8) is 0 Å². The fourth-order valence-electron chi connectivity index (χ4n) is 4.77. The standard InChI is InChI=1S/C25H29ClN3O4S/c1-34(32,33)27-22-6-3-2-5-21(22)19-12-15-28(16-13-19)25(31)23(29-14-4-7-24(29)30)17-18-8-10-20(26)11-9-18/h2-3,5-6,8-11,14,19,23,27H,4,7,12-13,15-17H2,1H3/t23-/m1/s1. The molecule has 2 aliphatic rings. The Balaban J connectivity index is 1.47. The molecule has 9 heteroatoms. The average Bonchev–Trinajstić information content (AvgIpc) is 3.23. The first-order chi connectivity index (χ1) is 16.2. The Hall–Kier alpha value is -2.58. The number of carbonyl (C=O) groups is 2. The van der Waals surface area contributed by atoms with Crippen molar-refractivity contribution in [2.75, 3.05) is 24.1 Å². The Labute approximate surface area is 206 Å². The van der Waals surface area contributed by atoms with Crippen LogP contribution < -0.4 is 4.72 Å². The van der Waals surface area contributed by atoms with Crippen LogP contribution in [0.15, 0.2) is 48.5 Å². The first-order valence-corrected chi connectivity index (χ1v) is 13.7. The fraction of sp³-hybridized carbons (Fsp3) is 0.400. The van der Waals surface area contributed by atoms with Gasteiger partial charge in [-0.05, 0) is 54.5 Å². The quantitative estimate of drug-likeness (QED) is 0.623. The molecule has 2 aromatic rings. The van der Waals surface area contributed by atoms with Crippen LogP contribution in [0.5, 0.6) is 0 Å². The van der Waals surface area contributed by atoms with Crippen molar-refractivity contribution >= 4 is 39.1 Å². The van der Waals surface area contributed by atoms with Crippen molar-refractivity contribution in [2.45, 2.75) is 44.1 Å². The summed E-state index contributed by atoms with van der Waals surface area (Å²) in [6.45, 7) is 2.94. The molecule has 0 bridgehead atoms. The molecule has 1 atom stereocenters. The third kappa shape index (κ3) is 5.91. The van der Waals surface area contributed by atoms with E-state index in [0.29, 0.717) is 43.1 Å². The molecule has 0 spiro atoms. The van der Waals surface area contributed by atoms with Crippen molar-refractivity contribution in [3.05, 3.63) is 71.2 Å². The molecule has 2 aromatic carbocycles. The van der Waals surface area contributed by atoms with Crippen LogP contribution >= 0.6 is 11.6 Å². The molecular formula is C25H29ClN3O4S. The zero-order valence-corrected chi connectivity index (χ0v) is 20.7. The van der Waals surface area contributed by atoms with E-state index in [9.17, 15) is 18.0 Å². The lowest BCUT2D eigenvalue weighted by atomic mass is 9.88. The van der Waals surface area contributed by atoms with E-state index in [1.807, 2.05) is 35.7 Å². The number of anilines is 1. The number of nitrogens with zero attached hydrogens (tertiary/aromatic N) is 2. The van der Waals surface area contributed by atoms with Crippen LogP contribution in [0.1, 0.15) is 42.7 Å². The number of para-hydroxylation sites is 1. The number of rotatable bonds is 7. The fourth-order valence-corrected chi connectivity index (χ4v) is 5.49. The lowest BCUT2D eigenvalue weighted by Crippen LogP contribution is -2.51. The van der Waals surface area contributed by atoms with E-state index in [4.69, 9.17) is 11.6 Å². The van der Waals surface area contributed by atoms with E-state index < -0.39 is 16.1 Å². The van der Waals surface area contributed by atoms with Crippen LogP contribution in [-0.2, 0) is 26.0 Å². The Bertz CT molecular complexity index is 1150. The zero-order chi connectivity index (χ0) is 24.3. The monoisotopic (exact) mass is 502 g/mol. The summed E-state index contributed by atoms with van der Waals surface area (Å²) in [5.74, 6) is 0.0645. The SMILES string of the molecule is CS(=O)(=O)Nc1ccccc1C1CCN(C(=O)[C@@H](Cc2ccc(Cl)cc2)N2[CH]CCC2=O)CC1. The minimum atomic E-state index is -3.38. The summed E-state index contributed by atoms with van der Waals surface area (Å²) < 4.78 is 26.1. The highest BCUT2D eigenvalue weighted by Crippen LogP contribution is 2.34. The lowest BCUT2D eigenvalue weighted by molar-refractivity contribution is -0.143. The van der Waals surface area contributed by atoms with Gasteiger partial charge in [-0.25, -0.2) is 8.42 Å². The Kier molecular flexibility index (Phi) is 7.48. The van der Waals surface area contributed by atoms with E-state index >= 15 is 0 Å². The van der Waals surface area contributed by atoms with Crippen molar-refractivity contribution in [1.29, 1.82) is 0 Å². The lowest BCUT2D eigenvalue weighted by Gasteiger charge is -2.37. The molecule has 2 aliphatic heterocycles. The highest BCUT2D eigenvalue weighted by atomic mass is 35.5. The van der Waals surface area contributed by atoms with E-state index in [1.54, 1.807) is 29.2 Å². The summed E-state index contributed by atoms with van der Waals surface area (Å²) in [7, 11) is -3.38. The molecule has 2 fully saturated rings. The smallest absolute Gasteiger partial charge is 0.245 e. The number of hydrogen-bond acceptors (Lipinski definition) is 4. The molecule has 4 rings (SSSR count). The van der Waals surface area contributed by atoms with Gasteiger partial charge in [-0.3, -0.25) is 14.3 Å². The predicted molar refractivity (Wildman–Crippen MR) is 133 cm³/mol. The Morgan fingerprint density at radius 2 is 1.79 bits per heavy atom. The minimum absolute atomic E-state index is 0.0250. The molecule has 34 heavy (non-hydrogen) atoms. The first-order valence-electron chi connectivity index (χ1n) is 11.5. The van der Waals surface area contributed by atoms with Crippen molar-refractivity contribution in [1.82, 2.24) is 9.80 Å². The van der Waals surface area contributed by atoms with Crippen molar-refractivity contribution < 1.29 is 18.0 Å². The molecule has 0 unspecified atom stereocenters. The van der Waals surface area contributed by atoms with Gasteiger partial charge < -0.3 is 9.80 Å². The van der Waals surface area contributed by atoms with E-state index in [2.05, 4.69) is 4.72 Å². The minimum Gasteiger partial charge on any atom is -0.341 e. The Morgan fingerprint density at radius 3 is 2.41 bits per heavy atom. The van der Waals surface area contributed by atoms with E-state index in [0.717, 1.165) is 30.2 Å². The van der Waals surface area contributed by atoms with Crippen molar-refractivity contribution in [3.8, 4) is 0 Å². The molecule has 0 aromatic heterocycles. The number of piperidine rings is 1. The number of amides is 2. The van der Waals surface area contributed by atoms with Crippen LogP contribution in [0, 0.1) is 6.54 Å². The van der Waals surface area contributed by atoms with Gasteiger partial charge >= 0.3 is 0 Å². The van der Waals surface area contributed by atoms with Gasteiger partial charge in [-0.2, -0.15) is 0 Å². The molecular weight excluding hydrogens is 474 g/mol. The summed E-state index contributed by atoms with van der Waals surface area (Å²) in [4.78, 5) is 29.5. The average molecular weight is 503 g/mol. The normalized spacial score (nSPS) is 18.2. The number of carbonyl (C=O) groups excluding carboxylic acids is 2. The maximum absolute atomic E-state index is 13.6. The van der Waals surface area contributed by atoms with Crippen LogP contribution in [0.4, 0.5) is 5.69 Å². The second-order valence-electron chi connectivity index (χ2n) is 8.93. The third-order valence-corrected chi connectivity index (χ3v) is 7.28. The second kappa shape index (κ2) is 10.4. The first kappa shape index (κ1) is 24.5. The predicted octanol–water partition coefficient (Wildman–Crippen LogP) is 3.81. The highest BCUT2D eigenvalue weighted by molar-refractivity contribution is 7.92. The molecule has 0 aliphatic carbocycles. The number of benzene rings is 2. The topological polar surface area (TPSA) is 86.8 Å². The maximum Gasteiger partial charge on any atom is 0.245 e. The maximum atomic E-state index is 13.6. The molecule has 2 saturated heterocycles. The molecule has 2 amide bonds. The largest absolute Gasteiger partial charge is 0.341 e. The van der Waals surface area contributed by atoms with Crippen LogP contribution in [0.2, 0.25) is 5.02 Å². The number of likely N-dealkylation sites (tertiary alicyclic amines) is 2. The zero-order valence-electron chi connectivity index (χ0n) is 19.1. The van der Waals surface area contributed by atoms with Crippen molar-refractivity contribution in [2.24, 2.45) is 0 Å². The third-order valence-electron chi connectivity index (χ3n) is 6.44. The van der Waals surface area contributed by atoms with Gasteiger partial charge in [0.15, 0.2) is 0 Å². The molecule has 181 valence electrons. The van der Waals surface area contributed by atoms with Gasteiger partial charge in [0.05, 0.1) is 18.5 Å². The number of sulfonamides is 1. The second-order valence-corrected chi connectivity index (χ2v) is 11.1. The van der Waals surface area contributed by atoms with Gasteiger partial charge in [0.1, 0.15) is 6.04 Å². The molecule has 1 radical (unpaired) electrons. The summed E-state index contributed by atoms with van der Waals surface area (Å²) in [6, 6.07) is 14.2. The molecule has 2 heterocycles. The molecule has 7 nitrogen and oxygen atoms in total. The molecule has 0 saturated carbocycles. The van der Waals surface area contributed by atoms with Gasteiger partial charge in [-0.15, -0.1) is 0 Å². The summed E-state index contributed by atoms with van der Waals surface area (Å²) >= 11 is 6.01. The number of nitrogens with one attached hydrogen (secondary N) is 1. The summed E-state index contributed by atoms with van der Waals surface area (Å²) in [5.41, 5.74) is 2.49. The number of hydrogen-bond donors (Lipinski definition) is 1. The van der Waals surface area contributed by atoms with Gasteiger partial charge in [0, 0.05) is 31.0 Å². The molecule has 1 N–H and O–H groups in total. The van der Waals surface area contributed by atoms with Gasteiger partial charge in [0.25, 0.3) is 0 Å². The van der Waals surface area contributed by atoms with Crippen LogP contribution in [0.25, 0.3) is 0 Å².